The van der Waals surface area contributed by atoms with Crippen LogP contribution in [0, 0.1) is 0 Å². The summed E-state index contributed by atoms with van der Waals surface area (Å²) in [5.41, 5.74) is 2.23. The van der Waals surface area contributed by atoms with E-state index in [1.54, 1.807) is 0 Å². The van der Waals surface area contributed by atoms with E-state index in [0.717, 1.165) is 62.1 Å². The maximum Gasteiger partial charge on any atom is 0.191 e. The monoisotopic (exact) mass is 397 g/mol. The number of nitrogens with zero attached hydrogens (tertiary/aromatic N) is 3. The van der Waals surface area contributed by atoms with Crippen LogP contribution in [0.5, 0.6) is 5.75 Å². The van der Waals surface area contributed by atoms with Crippen molar-refractivity contribution in [3.63, 3.8) is 0 Å². The van der Waals surface area contributed by atoms with Crippen LogP contribution >= 0.6 is 0 Å². The van der Waals surface area contributed by atoms with E-state index in [1.165, 1.54) is 0 Å². The lowest BCUT2D eigenvalue weighted by Crippen LogP contribution is -2.38. The van der Waals surface area contributed by atoms with Gasteiger partial charge in [-0.2, -0.15) is 0 Å². The average molecular weight is 398 g/mol. The Hall–Kier alpha value is -2.60. The van der Waals surface area contributed by atoms with Crippen molar-refractivity contribution >= 4 is 5.96 Å². The number of rotatable bonds is 12. The second kappa shape index (κ2) is 13.6. The van der Waals surface area contributed by atoms with Gasteiger partial charge in [0, 0.05) is 37.9 Å². The second-order valence-electron chi connectivity index (χ2n) is 6.71. The van der Waals surface area contributed by atoms with Gasteiger partial charge in [-0.05, 0) is 49.8 Å². The normalized spacial score (nSPS) is 11.5. The van der Waals surface area contributed by atoms with Gasteiger partial charge in [-0.3, -0.25) is 4.98 Å². The van der Waals surface area contributed by atoms with E-state index in [1.807, 2.05) is 36.5 Å². The lowest BCUT2D eigenvalue weighted by molar-refractivity contribution is 0.223. The lowest BCUT2D eigenvalue weighted by atomic mass is 10.2. The third-order valence-corrected chi connectivity index (χ3v) is 4.66. The number of aliphatic imine (C=N–C) groups is 1. The molecule has 1 aromatic heterocycles. The fourth-order valence-corrected chi connectivity index (χ4v) is 2.89. The average Bonchev–Trinajstić information content (AvgIpc) is 2.76. The summed E-state index contributed by atoms with van der Waals surface area (Å²) < 4.78 is 5.85. The van der Waals surface area contributed by atoms with Crippen molar-refractivity contribution in [2.45, 2.75) is 33.7 Å². The molecule has 0 amide bonds. The molecule has 0 aliphatic carbocycles. The SMILES string of the molecule is CCNC(=NCc1ccc(OCCN(CC)CC)cc1)NCCc1ccccn1. The number of guanidine groups is 1. The van der Waals surface area contributed by atoms with Crippen molar-refractivity contribution in [2.75, 3.05) is 39.3 Å². The highest BCUT2D eigenvalue weighted by molar-refractivity contribution is 5.79. The Kier molecular flexibility index (Phi) is 10.6. The summed E-state index contributed by atoms with van der Waals surface area (Å²) in [5.74, 6) is 1.73. The number of benzene rings is 1. The molecule has 0 radical (unpaired) electrons. The standard InChI is InChI=1S/C23H35N5O/c1-4-24-23(26-16-14-21-9-7-8-15-25-21)27-19-20-10-12-22(13-11-20)29-18-17-28(5-2)6-3/h7-13,15H,4-6,14,16-19H2,1-3H3,(H2,24,26,27). The summed E-state index contributed by atoms with van der Waals surface area (Å²) in [4.78, 5) is 11.4. The van der Waals surface area contributed by atoms with E-state index in [4.69, 9.17) is 4.74 Å². The zero-order valence-electron chi connectivity index (χ0n) is 18.0. The predicted molar refractivity (Wildman–Crippen MR) is 120 cm³/mol. The Morgan fingerprint density at radius 1 is 1.03 bits per heavy atom. The highest BCUT2D eigenvalue weighted by Gasteiger charge is 2.01. The van der Waals surface area contributed by atoms with Crippen LogP contribution < -0.4 is 15.4 Å². The van der Waals surface area contributed by atoms with Gasteiger partial charge in [-0.15, -0.1) is 0 Å². The zero-order valence-corrected chi connectivity index (χ0v) is 18.0. The van der Waals surface area contributed by atoms with Gasteiger partial charge in [0.1, 0.15) is 12.4 Å². The van der Waals surface area contributed by atoms with Crippen LogP contribution in [0.4, 0.5) is 0 Å². The molecule has 0 spiro atoms. The Labute approximate surface area is 175 Å². The number of pyridine rings is 1. The summed E-state index contributed by atoms with van der Waals surface area (Å²) in [6.07, 6.45) is 2.69. The van der Waals surface area contributed by atoms with Crippen LogP contribution in [-0.2, 0) is 13.0 Å². The minimum atomic E-state index is 0.624. The van der Waals surface area contributed by atoms with E-state index < -0.39 is 0 Å². The van der Waals surface area contributed by atoms with E-state index in [-0.39, 0.29) is 0 Å². The predicted octanol–water partition coefficient (Wildman–Crippen LogP) is 3.10. The summed E-state index contributed by atoms with van der Waals surface area (Å²) in [7, 11) is 0. The molecule has 0 atom stereocenters. The molecule has 158 valence electrons. The smallest absolute Gasteiger partial charge is 0.191 e. The minimum absolute atomic E-state index is 0.624. The molecule has 2 rings (SSSR count). The van der Waals surface area contributed by atoms with Crippen LogP contribution in [0.1, 0.15) is 32.0 Å². The Morgan fingerprint density at radius 2 is 1.83 bits per heavy atom. The number of likely N-dealkylation sites (N-methyl/N-ethyl adjacent to an activating group) is 1. The minimum Gasteiger partial charge on any atom is -0.492 e. The van der Waals surface area contributed by atoms with Crippen LogP contribution in [0.2, 0.25) is 0 Å². The zero-order chi connectivity index (χ0) is 20.7. The van der Waals surface area contributed by atoms with Gasteiger partial charge < -0.3 is 20.3 Å². The third-order valence-electron chi connectivity index (χ3n) is 4.66. The molecule has 0 aliphatic rings. The van der Waals surface area contributed by atoms with E-state index in [0.29, 0.717) is 13.2 Å². The van der Waals surface area contributed by atoms with Crippen molar-refractivity contribution in [1.29, 1.82) is 0 Å². The molecule has 2 aromatic rings. The van der Waals surface area contributed by atoms with Gasteiger partial charge in [0.05, 0.1) is 6.54 Å². The first-order valence-corrected chi connectivity index (χ1v) is 10.6. The maximum absolute atomic E-state index is 5.85. The van der Waals surface area contributed by atoms with E-state index >= 15 is 0 Å². The van der Waals surface area contributed by atoms with Crippen LogP contribution in [0.15, 0.2) is 53.7 Å². The number of aromatic nitrogens is 1. The number of nitrogens with one attached hydrogen (secondary N) is 2. The van der Waals surface area contributed by atoms with Crippen molar-refractivity contribution in [1.82, 2.24) is 20.5 Å². The van der Waals surface area contributed by atoms with E-state index in [2.05, 4.69) is 58.4 Å². The molecule has 6 heteroatoms. The molecular weight excluding hydrogens is 362 g/mol. The van der Waals surface area contributed by atoms with Gasteiger partial charge in [0.15, 0.2) is 5.96 Å². The summed E-state index contributed by atoms with van der Waals surface area (Å²) in [6, 6.07) is 14.2. The van der Waals surface area contributed by atoms with Gasteiger partial charge in [-0.25, -0.2) is 4.99 Å². The molecule has 0 fully saturated rings. The summed E-state index contributed by atoms with van der Waals surface area (Å²) in [6.45, 7) is 12.4. The number of hydrogen-bond donors (Lipinski definition) is 2. The molecule has 2 N–H and O–H groups in total. The highest BCUT2D eigenvalue weighted by Crippen LogP contribution is 2.13. The second-order valence-corrected chi connectivity index (χ2v) is 6.71. The molecule has 0 saturated heterocycles. The molecule has 0 aliphatic heterocycles. The van der Waals surface area contributed by atoms with Crippen LogP contribution in [0.25, 0.3) is 0 Å². The summed E-state index contributed by atoms with van der Waals surface area (Å²) >= 11 is 0. The van der Waals surface area contributed by atoms with Gasteiger partial charge >= 0.3 is 0 Å². The van der Waals surface area contributed by atoms with Gasteiger partial charge in [0.25, 0.3) is 0 Å². The van der Waals surface area contributed by atoms with Gasteiger partial charge in [-0.1, -0.05) is 32.0 Å². The Balaban J connectivity index is 1.78. The van der Waals surface area contributed by atoms with Crippen LogP contribution in [0.3, 0.4) is 0 Å². The Bertz CT molecular complexity index is 699. The maximum atomic E-state index is 5.85. The molecule has 0 saturated carbocycles. The number of ether oxygens (including phenoxy) is 1. The molecule has 0 bridgehead atoms. The fourth-order valence-electron chi connectivity index (χ4n) is 2.89. The molecule has 0 unspecified atom stereocenters. The van der Waals surface area contributed by atoms with E-state index in [9.17, 15) is 0 Å². The third kappa shape index (κ3) is 8.96. The number of hydrogen-bond acceptors (Lipinski definition) is 4. The van der Waals surface area contributed by atoms with Crippen LogP contribution in [-0.4, -0.2) is 55.2 Å². The molecule has 29 heavy (non-hydrogen) atoms. The first-order valence-electron chi connectivity index (χ1n) is 10.6. The highest BCUT2D eigenvalue weighted by atomic mass is 16.5. The molecule has 1 aromatic carbocycles. The topological polar surface area (TPSA) is 61.8 Å². The summed E-state index contributed by atoms with van der Waals surface area (Å²) in [5, 5.41) is 6.66. The fraction of sp³-hybridized carbons (Fsp3) is 0.478. The van der Waals surface area contributed by atoms with Crippen molar-refractivity contribution in [2.24, 2.45) is 4.99 Å². The van der Waals surface area contributed by atoms with Crippen molar-refractivity contribution < 1.29 is 4.74 Å². The van der Waals surface area contributed by atoms with Crippen molar-refractivity contribution in [3.8, 4) is 5.75 Å². The molecule has 6 nitrogen and oxygen atoms in total. The Morgan fingerprint density at radius 3 is 2.48 bits per heavy atom. The first kappa shape index (κ1) is 22.7. The molecule has 1 heterocycles. The first-order chi connectivity index (χ1) is 14.2. The van der Waals surface area contributed by atoms with Crippen molar-refractivity contribution in [3.05, 3.63) is 59.9 Å². The molecular formula is C23H35N5O. The largest absolute Gasteiger partial charge is 0.492 e. The lowest BCUT2D eigenvalue weighted by Gasteiger charge is -2.18. The quantitative estimate of drug-likeness (QED) is 0.426. The van der Waals surface area contributed by atoms with Gasteiger partial charge in [0.2, 0.25) is 0 Å².